The second-order valence-electron chi connectivity index (χ2n) is 7.12. The molecule has 1 aliphatic carbocycles. The molecule has 6 nitrogen and oxygen atoms in total. The Bertz CT molecular complexity index is 1020. The SMILES string of the molecule is CCC(Sc1nc2c(cc1C#N)CCCCC2)C(=O)Nc1ccc(Cl)c(C(=O)O)c1. The molecule has 30 heavy (non-hydrogen) atoms. The number of carbonyl (C=O) groups excluding carboxylic acids is 1. The molecule has 0 saturated carbocycles. The first-order chi connectivity index (χ1) is 14.4. The number of hydrogen-bond donors (Lipinski definition) is 2. The number of nitriles is 1. The van der Waals surface area contributed by atoms with Crippen LogP contribution in [0.5, 0.6) is 0 Å². The summed E-state index contributed by atoms with van der Waals surface area (Å²) in [5, 5.41) is 21.8. The monoisotopic (exact) mass is 443 g/mol. The van der Waals surface area contributed by atoms with Crippen LogP contribution in [0.15, 0.2) is 29.3 Å². The molecule has 3 rings (SSSR count). The van der Waals surface area contributed by atoms with Gasteiger partial charge in [0.05, 0.1) is 21.4 Å². The van der Waals surface area contributed by atoms with E-state index in [4.69, 9.17) is 16.6 Å². The number of amides is 1. The fourth-order valence-electron chi connectivity index (χ4n) is 3.41. The van der Waals surface area contributed by atoms with E-state index in [1.54, 1.807) is 6.07 Å². The number of nitrogens with one attached hydrogen (secondary N) is 1. The van der Waals surface area contributed by atoms with Crippen LogP contribution in [0, 0.1) is 11.3 Å². The van der Waals surface area contributed by atoms with Gasteiger partial charge in [0.1, 0.15) is 11.1 Å². The molecule has 0 bridgehead atoms. The number of rotatable bonds is 6. The third-order valence-corrected chi connectivity index (χ3v) is 6.71. The van der Waals surface area contributed by atoms with E-state index in [0.29, 0.717) is 22.7 Å². The van der Waals surface area contributed by atoms with Gasteiger partial charge >= 0.3 is 5.97 Å². The van der Waals surface area contributed by atoms with Crippen LogP contribution in [0.1, 0.15) is 59.8 Å². The normalized spacial score (nSPS) is 14.2. The quantitative estimate of drug-likeness (QED) is 0.476. The molecule has 1 aliphatic rings. The number of halogens is 1. The zero-order chi connectivity index (χ0) is 21.7. The molecule has 1 heterocycles. The lowest BCUT2D eigenvalue weighted by molar-refractivity contribution is -0.115. The van der Waals surface area contributed by atoms with Gasteiger partial charge in [-0.15, -0.1) is 0 Å². The number of aromatic carboxylic acids is 1. The van der Waals surface area contributed by atoms with Gasteiger partial charge in [-0.05, 0) is 61.9 Å². The highest BCUT2D eigenvalue weighted by molar-refractivity contribution is 8.00. The van der Waals surface area contributed by atoms with Crippen molar-refractivity contribution in [2.45, 2.75) is 55.7 Å². The standard InChI is InChI=1S/C22H22ClN3O3S/c1-2-19(20(27)25-15-8-9-17(23)16(11-15)22(28)29)30-21-14(12-24)10-13-6-4-3-5-7-18(13)26-21/h8-11,19H,2-7H2,1H3,(H,25,27)(H,28,29). The molecule has 0 fully saturated rings. The van der Waals surface area contributed by atoms with Gasteiger partial charge in [-0.1, -0.05) is 36.7 Å². The van der Waals surface area contributed by atoms with Gasteiger partial charge in [-0.2, -0.15) is 5.26 Å². The summed E-state index contributed by atoms with van der Waals surface area (Å²) >= 11 is 7.16. The summed E-state index contributed by atoms with van der Waals surface area (Å²) < 4.78 is 0. The Morgan fingerprint density at radius 3 is 2.77 bits per heavy atom. The second kappa shape index (κ2) is 9.96. The van der Waals surface area contributed by atoms with E-state index in [9.17, 15) is 20.0 Å². The minimum Gasteiger partial charge on any atom is -0.478 e. The molecular weight excluding hydrogens is 422 g/mol. The topological polar surface area (TPSA) is 103 Å². The van der Waals surface area contributed by atoms with Crippen LogP contribution in [0.4, 0.5) is 5.69 Å². The van der Waals surface area contributed by atoms with E-state index in [2.05, 4.69) is 11.4 Å². The van der Waals surface area contributed by atoms with Crippen LogP contribution in [0.25, 0.3) is 0 Å². The third-order valence-electron chi connectivity index (χ3n) is 5.02. The minimum atomic E-state index is -1.16. The van der Waals surface area contributed by atoms with Crippen molar-refractivity contribution in [3.05, 3.63) is 51.7 Å². The van der Waals surface area contributed by atoms with Crippen LogP contribution in [-0.2, 0) is 17.6 Å². The van der Waals surface area contributed by atoms with E-state index in [1.807, 2.05) is 13.0 Å². The van der Waals surface area contributed by atoms with Crippen LogP contribution >= 0.6 is 23.4 Å². The number of nitrogens with zero attached hydrogens (tertiary/aromatic N) is 2. The molecule has 1 unspecified atom stereocenters. The average Bonchev–Trinajstić information content (AvgIpc) is 2.97. The number of pyridine rings is 1. The van der Waals surface area contributed by atoms with Crippen molar-refractivity contribution in [2.24, 2.45) is 0 Å². The molecule has 1 atom stereocenters. The predicted octanol–water partition coefficient (Wildman–Crippen LogP) is 5.08. The molecule has 0 saturated heterocycles. The molecule has 1 aromatic carbocycles. The van der Waals surface area contributed by atoms with Gasteiger partial charge in [0.25, 0.3) is 0 Å². The first kappa shape index (κ1) is 22.1. The summed E-state index contributed by atoms with van der Waals surface area (Å²) in [5.41, 5.74) is 2.93. The maximum atomic E-state index is 12.8. The Balaban J connectivity index is 1.81. The summed E-state index contributed by atoms with van der Waals surface area (Å²) in [6, 6.07) is 8.47. The summed E-state index contributed by atoms with van der Waals surface area (Å²) in [6.07, 6.45) is 5.68. The molecule has 156 valence electrons. The van der Waals surface area contributed by atoms with Crippen molar-refractivity contribution in [1.82, 2.24) is 4.98 Å². The number of thioether (sulfide) groups is 1. The molecule has 8 heteroatoms. The van der Waals surface area contributed by atoms with E-state index in [1.165, 1.54) is 23.9 Å². The van der Waals surface area contributed by atoms with E-state index < -0.39 is 11.2 Å². The van der Waals surface area contributed by atoms with Gasteiger partial charge in [-0.3, -0.25) is 4.79 Å². The number of aryl methyl sites for hydroxylation is 2. The van der Waals surface area contributed by atoms with Crippen molar-refractivity contribution in [2.75, 3.05) is 5.32 Å². The number of benzene rings is 1. The fourth-order valence-corrected chi connectivity index (χ4v) is 4.60. The first-order valence-electron chi connectivity index (χ1n) is 9.86. The van der Waals surface area contributed by atoms with Crippen molar-refractivity contribution in [3.63, 3.8) is 0 Å². The van der Waals surface area contributed by atoms with Crippen LogP contribution in [-0.4, -0.2) is 27.2 Å². The average molecular weight is 444 g/mol. The van der Waals surface area contributed by atoms with Gasteiger partial charge in [0, 0.05) is 11.4 Å². The molecule has 2 aromatic rings. The summed E-state index contributed by atoms with van der Waals surface area (Å²) in [7, 11) is 0. The zero-order valence-electron chi connectivity index (χ0n) is 16.6. The third kappa shape index (κ3) is 5.13. The van der Waals surface area contributed by atoms with Crippen LogP contribution in [0.3, 0.4) is 0 Å². The van der Waals surface area contributed by atoms with Crippen molar-refractivity contribution in [1.29, 1.82) is 5.26 Å². The van der Waals surface area contributed by atoms with E-state index in [-0.39, 0.29) is 16.5 Å². The highest BCUT2D eigenvalue weighted by Gasteiger charge is 2.23. The highest BCUT2D eigenvalue weighted by Crippen LogP contribution is 2.31. The molecule has 0 aliphatic heterocycles. The van der Waals surface area contributed by atoms with Gasteiger partial charge in [-0.25, -0.2) is 9.78 Å². The lowest BCUT2D eigenvalue weighted by Crippen LogP contribution is -2.25. The van der Waals surface area contributed by atoms with E-state index >= 15 is 0 Å². The fraction of sp³-hybridized carbons (Fsp3) is 0.364. The molecular formula is C22H22ClN3O3S. The predicted molar refractivity (Wildman–Crippen MR) is 117 cm³/mol. The van der Waals surface area contributed by atoms with Crippen LogP contribution < -0.4 is 5.32 Å². The number of carbonyl (C=O) groups is 2. The van der Waals surface area contributed by atoms with E-state index in [0.717, 1.165) is 43.4 Å². The number of fused-ring (bicyclic) bond motifs is 1. The minimum absolute atomic E-state index is 0.0747. The van der Waals surface area contributed by atoms with Gasteiger partial charge < -0.3 is 10.4 Å². The van der Waals surface area contributed by atoms with Gasteiger partial charge in [0.15, 0.2) is 0 Å². The molecule has 1 amide bonds. The van der Waals surface area contributed by atoms with Gasteiger partial charge in [0.2, 0.25) is 5.91 Å². The maximum absolute atomic E-state index is 12.8. The summed E-state index contributed by atoms with van der Waals surface area (Å²) in [4.78, 5) is 28.8. The summed E-state index contributed by atoms with van der Waals surface area (Å²) in [5.74, 6) is -1.44. The molecule has 2 N–H and O–H groups in total. The van der Waals surface area contributed by atoms with Crippen molar-refractivity contribution < 1.29 is 14.7 Å². The maximum Gasteiger partial charge on any atom is 0.337 e. The Morgan fingerprint density at radius 2 is 2.07 bits per heavy atom. The molecule has 0 spiro atoms. The number of carboxylic acids is 1. The highest BCUT2D eigenvalue weighted by atomic mass is 35.5. The van der Waals surface area contributed by atoms with Crippen molar-refractivity contribution in [3.8, 4) is 6.07 Å². The summed E-state index contributed by atoms with van der Waals surface area (Å²) in [6.45, 7) is 1.89. The Labute approximate surface area is 184 Å². The smallest absolute Gasteiger partial charge is 0.337 e. The number of anilines is 1. The zero-order valence-corrected chi connectivity index (χ0v) is 18.1. The Morgan fingerprint density at radius 1 is 1.30 bits per heavy atom. The second-order valence-corrected chi connectivity index (χ2v) is 8.72. The first-order valence-corrected chi connectivity index (χ1v) is 11.1. The molecule has 1 aromatic heterocycles. The Hall–Kier alpha value is -2.56. The lowest BCUT2D eigenvalue weighted by Gasteiger charge is -2.17. The number of carboxylic acid groups (broad SMARTS) is 1. The number of hydrogen-bond acceptors (Lipinski definition) is 5. The largest absolute Gasteiger partial charge is 0.478 e. The lowest BCUT2D eigenvalue weighted by atomic mass is 10.1. The molecule has 0 radical (unpaired) electrons. The van der Waals surface area contributed by atoms with Crippen molar-refractivity contribution >= 4 is 40.9 Å². The Kier molecular flexibility index (Phi) is 7.35. The van der Waals surface area contributed by atoms with Crippen LogP contribution in [0.2, 0.25) is 5.02 Å². The number of aromatic nitrogens is 1.